The van der Waals surface area contributed by atoms with Crippen LogP contribution in [-0.4, -0.2) is 101 Å². The van der Waals surface area contributed by atoms with Crippen LogP contribution in [0.15, 0.2) is 36.5 Å². The fourth-order valence-electron chi connectivity index (χ4n) is 5.75. The highest BCUT2D eigenvalue weighted by molar-refractivity contribution is 6.19. The molecule has 46 heavy (non-hydrogen) atoms. The van der Waals surface area contributed by atoms with Crippen molar-refractivity contribution in [1.82, 2.24) is 34.7 Å². The molecule has 2 amide bonds. The van der Waals surface area contributed by atoms with Gasteiger partial charge in [-0.3, -0.25) is 9.59 Å². The Labute approximate surface area is 270 Å². The molecule has 2 aromatic heterocycles. The number of hydrogen-bond acceptors (Lipinski definition) is 10. The van der Waals surface area contributed by atoms with E-state index in [2.05, 4.69) is 46.5 Å². The average Bonchev–Trinajstić information content (AvgIpc) is 3.47. The van der Waals surface area contributed by atoms with Gasteiger partial charge in [-0.15, -0.1) is 0 Å². The molecule has 1 atom stereocenters. The summed E-state index contributed by atoms with van der Waals surface area (Å²) in [6.45, 7) is 8.04. The Morgan fingerprint density at radius 1 is 1.20 bits per heavy atom. The number of carbonyl (C=O) groups is 2. The number of amides is 2. The van der Waals surface area contributed by atoms with Crippen LogP contribution in [0.1, 0.15) is 56.6 Å². The number of ether oxygens (including phenoxy) is 1. The quantitative estimate of drug-likeness (QED) is 0.303. The number of likely N-dealkylation sites (tertiary alicyclic amines) is 1. The standard InChI is InChI=1S/C33H46FN9O3/c1-22(2)26-21-37-43-30(26)38-33(46-25-12-16-41(5)17-13-25)39-32(43)36-19-23-10-11-27(34)28(18-23)42(29(44)9-7-15-40(3)4)31(45)24-8-6-14-35-20-24/h7,9-11,18,21-22,24-25,35H,6,8,12-17,19-20H2,1-5H3,(H,36,38,39)/b9-7+. The molecular formula is C33H46FN9O3. The number of piperidine rings is 2. The molecule has 0 bridgehead atoms. The van der Waals surface area contributed by atoms with E-state index in [-0.39, 0.29) is 30.3 Å². The number of hydrogen-bond donors (Lipinski definition) is 2. The molecular weight excluding hydrogens is 589 g/mol. The highest BCUT2D eigenvalue weighted by Crippen LogP contribution is 2.27. The molecule has 1 unspecified atom stereocenters. The zero-order valence-electron chi connectivity index (χ0n) is 27.5. The Kier molecular flexibility index (Phi) is 11.0. The molecule has 0 spiro atoms. The number of halogens is 1. The van der Waals surface area contributed by atoms with Crippen LogP contribution in [0, 0.1) is 11.7 Å². The molecule has 0 saturated carbocycles. The van der Waals surface area contributed by atoms with Gasteiger partial charge in [0.25, 0.3) is 5.91 Å². The van der Waals surface area contributed by atoms with E-state index in [0.29, 0.717) is 36.7 Å². The number of anilines is 2. The van der Waals surface area contributed by atoms with E-state index < -0.39 is 23.5 Å². The van der Waals surface area contributed by atoms with E-state index >= 15 is 4.39 Å². The number of rotatable bonds is 11. The van der Waals surface area contributed by atoms with Crippen molar-refractivity contribution in [1.29, 1.82) is 0 Å². The second kappa shape index (κ2) is 15.1. The summed E-state index contributed by atoms with van der Waals surface area (Å²) < 4.78 is 23.3. The van der Waals surface area contributed by atoms with E-state index in [1.54, 1.807) is 28.9 Å². The van der Waals surface area contributed by atoms with Crippen molar-refractivity contribution in [2.75, 3.05) is 64.1 Å². The lowest BCUT2D eigenvalue weighted by Gasteiger charge is -2.28. The lowest BCUT2D eigenvalue weighted by Crippen LogP contribution is -2.46. The van der Waals surface area contributed by atoms with Crippen LogP contribution in [0.2, 0.25) is 0 Å². The topological polar surface area (TPSA) is 120 Å². The van der Waals surface area contributed by atoms with Crippen molar-refractivity contribution >= 4 is 29.1 Å². The number of nitrogens with zero attached hydrogens (tertiary/aromatic N) is 7. The Hall–Kier alpha value is -3.94. The minimum absolute atomic E-state index is 0.0174. The van der Waals surface area contributed by atoms with E-state index in [1.807, 2.05) is 19.0 Å². The number of fused-ring (bicyclic) bond motifs is 1. The number of aromatic nitrogens is 4. The molecule has 1 aromatic carbocycles. The lowest BCUT2D eigenvalue weighted by molar-refractivity contribution is -0.127. The third kappa shape index (κ3) is 8.06. The first-order valence-corrected chi connectivity index (χ1v) is 16.1. The Morgan fingerprint density at radius 3 is 2.67 bits per heavy atom. The van der Waals surface area contributed by atoms with Crippen LogP contribution in [0.25, 0.3) is 5.65 Å². The first-order chi connectivity index (χ1) is 22.1. The number of nitrogens with one attached hydrogen (secondary N) is 2. The zero-order valence-corrected chi connectivity index (χ0v) is 27.5. The molecule has 2 saturated heterocycles. The zero-order chi connectivity index (χ0) is 32.8. The molecule has 4 heterocycles. The van der Waals surface area contributed by atoms with Crippen molar-refractivity contribution in [3.05, 3.63) is 53.5 Å². The largest absolute Gasteiger partial charge is 0.460 e. The number of imide groups is 1. The Balaban J connectivity index is 1.42. The highest BCUT2D eigenvalue weighted by Gasteiger charge is 2.32. The molecule has 3 aromatic rings. The lowest BCUT2D eigenvalue weighted by atomic mass is 9.97. The molecule has 2 fully saturated rings. The number of likely N-dealkylation sites (N-methyl/N-ethyl adjacent to an activating group) is 1. The summed E-state index contributed by atoms with van der Waals surface area (Å²) >= 11 is 0. The first kappa shape index (κ1) is 33.4. The Bertz CT molecular complexity index is 1540. The number of carbonyl (C=O) groups excluding carboxylic acids is 2. The maximum absolute atomic E-state index is 15.4. The molecule has 248 valence electrons. The number of benzene rings is 1. The average molecular weight is 636 g/mol. The highest BCUT2D eigenvalue weighted by atomic mass is 19.1. The van der Waals surface area contributed by atoms with Crippen molar-refractivity contribution in [2.45, 2.75) is 58.1 Å². The third-order valence-corrected chi connectivity index (χ3v) is 8.45. The van der Waals surface area contributed by atoms with Gasteiger partial charge in [0.1, 0.15) is 11.9 Å². The summed E-state index contributed by atoms with van der Waals surface area (Å²) in [6, 6.07) is 4.74. The normalized spacial score (nSPS) is 18.1. The summed E-state index contributed by atoms with van der Waals surface area (Å²) in [7, 11) is 5.86. The molecule has 13 heteroatoms. The summed E-state index contributed by atoms with van der Waals surface area (Å²) in [4.78, 5) is 41.7. The van der Waals surface area contributed by atoms with Crippen LogP contribution in [0.5, 0.6) is 6.01 Å². The predicted octanol–water partition coefficient (Wildman–Crippen LogP) is 3.45. The van der Waals surface area contributed by atoms with Gasteiger partial charge in [-0.25, -0.2) is 9.29 Å². The maximum atomic E-state index is 15.4. The smallest absolute Gasteiger partial charge is 0.322 e. The van der Waals surface area contributed by atoms with E-state index in [4.69, 9.17) is 9.72 Å². The van der Waals surface area contributed by atoms with Crippen molar-refractivity contribution in [3.63, 3.8) is 0 Å². The molecule has 2 aliphatic heterocycles. The van der Waals surface area contributed by atoms with Crippen molar-refractivity contribution in [2.24, 2.45) is 5.92 Å². The van der Waals surface area contributed by atoms with Gasteiger partial charge in [-0.1, -0.05) is 26.0 Å². The first-order valence-electron chi connectivity index (χ1n) is 16.1. The fourth-order valence-corrected chi connectivity index (χ4v) is 5.75. The van der Waals surface area contributed by atoms with Crippen molar-refractivity contribution in [3.8, 4) is 6.01 Å². The summed E-state index contributed by atoms with van der Waals surface area (Å²) in [5, 5.41) is 11.1. The Morgan fingerprint density at radius 2 is 1.98 bits per heavy atom. The van der Waals surface area contributed by atoms with Gasteiger partial charge in [-0.05, 0) is 77.0 Å². The summed E-state index contributed by atoms with van der Waals surface area (Å²) in [5.41, 5.74) is 2.20. The molecule has 0 aliphatic carbocycles. The molecule has 2 aliphatic rings. The SMILES string of the molecule is CC(C)c1cnn2c(NCc3ccc(F)c(N(C(=O)/C=C/CN(C)C)C(=O)C4CCCNC4)c3)nc(OC3CCN(C)CC3)nc12. The monoisotopic (exact) mass is 635 g/mol. The summed E-state index contributed by atoms with van der Waals surface area (Å²) in [5.74, 6) is -1.46. The van der Waals surface area contributed by atoms with E-state index in [1.165, 1.54) is 12.1 Å². The van der Waals surface area contributed by atoms with E-state index in [9.17, 15) is 9.59 Å². The predicted molar refractivity (Wildman–Crippen MR) is 176 cm³/mol. The molecule has 5 rings (SSSR count). The van der Waals surface area contributed by atoms with Gasteiger partial charge in [0.05, 0.1) is 17.8 Å². The van der Waals surface area contributed by atoms with Gasteiger partial charge in [-0.2, -0.15) is 19.6 Å². The van der Waals surface area contributed by atoms with Crippen molar-refractivity contribution < 1.29 is 18.7 Å². The summed E-state index contributed by atoms with van der Waals surface area (Å²) in [6.07, 6.45) is 8.03. The fraction of sp³-hybridized carbons (Fsp3) is 0.545. The van der Waals surface area contributed by atoms with E-state index in [0.717, 1.165) is 49.4 Å². The van der Waals surface area contributed by atoms with Crippen LogP contribution < -0.4 is 20.3 Å². The van der Waals surface area contributed by atoms with Gasteiger partial charge in [0.15, 0.2) is 5.65 Å². The van der Waals surface area contributed by atoms with Gasteiger partial charge < -0.3 is 25.2 Å². The molecule has 2 N–H and O–H groups in total. The van der Waals surface area contributed by atoms with Gasteiger partial charge >= 0.3 is 6.01 Å². The second-order valence-electron chi connectivity index (χ2n) is 12.8. The maximum Gasteiger partial charge on any atom is 0.322 e. The third-order valence-electron chi connectivity index (χ3n) is 8.45. The van der Waals surface area contributed by atoms with Crippen LogP contribution in [0.4, 0.5) is 16.0 Å². The minimum atomic E-state index is -0.651. The molecule has 0 radical (unpaired) electrons. The molecule has 12 nitrogen and oxygen atoms in total. The van der Waals surface area contributed by atoms with Gasteiger partial charge in [0, 0.05) is 44.4 Å². The van der Waals surface area contributed by atoms with Crippen LogP contribution >= 0.6 is 0 Å². The van der Waals surface area contributed by atoms with Crippen LogP contribution in [0.3, 0.4) is 0 Å². The second-order valence-corrected chi connectivity index (χ2v) is 12.8. The van der Waals surface area contributed by atoms with Gasteiger partial charge in [0.2, 0.25) is 11.9 Å². The minimum Gasteiger partial charge on any atom is -0.460 e. The van der Waals surface area contributed by atoms with Crippen LogP contribution in [-0.2, 0) is 16.1 Å².